The Morgan fingerprint density at radius 2 is 2.09 bits per heavy atom. The van der Waals surface area contributed by atoms with Gasteiger partial charge in [0.25, 0.3) is 0 Å². The summed E-state index contributed by atoms with van der Waals surface area (Å²) in [7, 11) is 0. The van der Waals surface area contributed by atoms with Gasteiger partial charge in [0.2, 0.25) is 0 Å². The molecular weight excluding hydrogens is 316 g/mol. The van der Waals surface area contributed by atoms with Crippen molar-refractivity contribution < 1.29 is 4.74 Å². The SMILES string of the molecule is Cc1ncc(CNCC2(c3ccccc3Cl)CCOCC2)s1. The van der Waals surface area contributed by atoms with E-state index in [2.05, 4.69) is 22.4 Å². The van der Waals surface area contributed by atoms with E-state index in [1.807, 2.05) is 25.3 Å². The Morgan fingerprint density at radius 1 is 1.32 bits per heavy atom. The molecule has 0 atom stereocenters. The van der Waals surface area contributed by atoms with E-state index >= 15 is 0 Å². The highest BCUT2D eigenvalue weighted by molar-refractivity contribution is 7.11. The first-order valence-electron chi connectivity index (χ1n) is 7.64. The standard InChI is InChI=1S/C17H21ClN2OS/c1-13-20-11-14(22-13)10-19-12-17(6-8-21-9-7-17)15-4-2-3-5-16(15)18/h2-5,11,19H,6-10,12H2,1H3. The lowest BCUT2D eigenvalue weighted by Crippen LogP contribution is -2.42. The second kappa shape index (κ2) is 7.09. The van der Waals surface area contributed by atoms with Crippen molar-refractivity contribution in [3.8, 4) is 0 Å². The Labute approximate surface area is 140 Å². The van der Waals surface area contributed by atoms with Crippen LogP contribution in [0.1, 0.15) is 28.3 Å². The van der Waals surface area contributed by atoms with Crippen molar-refractivity contribution in [2.24, 2.45) is 0 Å². The average molecular weight is 337 g/mol. The fourth-order valence-corrected chi connectivity index (χ4v) is 4.21. The van der Waals surface area contributed by atoms with Crippen LogP contribution in [0.25, 0.3) is 0 Å². The highest BCUT2D eigenvalue weighted by atomic mass is 35.5. The third kappa shape index (κ3) is 3.51. The fraction of sp³-hybridized carbons (Fsp3) is 0.471. The van der Waals surface area contributed by atoms with Crippen LogP contribution < -0.4 is 5.32 Å². The van der Waals surface area contributed by atoms with Gasteiger partial charge < -0.3 is 10.1 Å². The van der Waals surface area contributed by atoms with Gasteiger partial charge in [-0.2, -0.15) is 0 Å². The number of benzene rings is 1. The van der Waals surface area contributed by atoms with Gasteiger partial charge in [-0.05, 0) is 31.4 Å². The molecule has 0 saturated carbocycles. The molecule has 1 aliphatic rings. The van der Waals surface area contributed by atoms with Gasteiger partial charge in [-0.15, -0.1) is 11.3 Å². The number of nitrogens with zero attached hydrogens (tertiary/aromatic N) is 1. The zero-order valence-corrected chi connectivity index (χ0v) is 14.3. The van der Waals surface area contributed by atoms with Gasteiger partial charge in [0.05, 0.1) is 5.01 Å². The van der Waals surface area contributed by atoms with Gasteiger partial charge >= 0.3 is 0 Å². The van der Waals surface area contributed by atoms with E-state index in [1.165, 1.54) is 10.4 Å². The van der Waals surface area contributed by atoms with E-state index < -0.39 is 0 Å². The molecule has 1 aromatic carbocycles. The molecular formula is C17H21ClN2OS. The Balaban J connectivity index is 1.73. The van der Waals surface area contributed by atoms with Crippen LogP contribution in [0.5, 0.6) is 0 Å². The van der Waals surface area contributed by atoms with Crippen LogP contribution in [0.4, 0.5) is 0 Å². The number of ether oxygens (including phenoxy) is 1. The number of hydrogen-bond acceptors (Lipinski definition) is 4. The second-order valence-corrected chi connectivity index (χ2v) is 7.55. The van der Waals surface area contributed by atoms with Crippen molar-refractivity contribution in [2.45, 2.75) is 31.7 Å². The predicted octanol–water partition coefficient (Wildman–Crippen LogP) is 3.94. The number of nitrogens with one attached hydrogen (secondary N) is 1. The molecule has 0 spiro atoms. The van der Waals surface area contributed by atoms with Gasteiger partial charge in [0.15, 0.2) is 0 Å². The van der Waals surface area contributed by atoms with Gasteiger partial charge in [0, 0.05) is 47.8 Å². The molecule has 2 heterocycles. The summed E-state index contributed by atoms with van der Waals surface area (Å²) < 4.78 is 5.58. The molecule has 1 aromatic heterocycles. The van der Waals surface area contributed by atoms with Gasteiger partial charge in [-0.25, -0.2) is 4.98 Å². The highest BCUT2D eigenvalue weighted by Gasteiger charge is 2.35. The summed E-state index contributed by atoms with van der Waals surface area (Å²) >= 11 is 8.22. The molecule has 1 saturated heterocycles. The van der Waals surface area contributed by atoms with Crippen molar-refractivity contribution in [3.05, 3.63) is 50.9 Å². The van der Waals surface area contributed by atoms with E-state index in [9.17, 15) is 0 Å². The summed E-state index contributed by atoms with van der Waals surface area (Å²) in [5, 5.41) is 5.58. The molecule has 0 aliphatic carbocycles. The summed E-state index contributed by atoms with van der Waals surface area (Å²) in [5.41, 5.74) is 1.31. The van der Waals surface area contributed by atoms with Gasteiger partial charge in [0.1, 0.15) is 0 Å². The number of hydrogen-bond donors (Lipinski definition) is 1. The van der Waals surface area contributed by atoms with Crippen LogP contribution >= 0.6 is 22.9 Å². The summed E-state index contributed by atoms with van der Waals surface area (Å²) in [6.07, 6.45) is 3.97. The molecule has 118 valence electrons. The lowest BCUT2D eigenvalue weighted by Gasteiger charge is -2.38. The van der Waals surface area contributed by atoms with Crippen LogP contribution in [0, 0.1) is 6.92 Å². The quantitative estimate of drug-likeness (QED) is 0.898. The second-order valence-electron chi connectivity index (χ2n) is 5.82. The third-order valence-electron chi connectivity index (χ3n) is 4.33. The molecule has 0 bridgehead atoms. The summed E-state index contributed by atoms with van der Waals surface area (Å²) in [4.78, 5) is 5.59. The van der Waals surface area contributed by atoms with Crippen molar-refractivity contribution in [1.82, 2.24) is 10.3 Å². The molecule has 0 radical (unpaired) electrons. The topological polar surface area (TPSA) is 34.2 Å². The molecule has 2 aromatic rings. The van der Waals surface area contributed by atoms with Gasteiger partial charge in [-0.1, -0.05) is 29.8 Å². The Bertz CT molecular complexity index is 623. The van der Waals surface area contributed by atoms with Crippen LogP contribution in [0.3, 0.4) is 0 Å². The molecule has 5 heteroatoms. The molecule has 3 nitrogen and oxygen atoms in total. The van der Waals surface area contributed by atoms with Crippen molar-refractivity contribution in [1.29, 1.82) is 0 Å². The molecule has 1 aliphatic heterocycles. The number of aryl methyl sites for hydroxylation is 1. The molecule has 1 fully saturated rings. The number of halogens is 1. The molecule has 0 amide bonds. The molecule has 0 unspecified atom stereocenters. The summed E-state index contributed by atoms with van der Waals surface area (Å²) in [5.74, 6) is 0. The minimum atomic E-state index is 0.0658. The van der Waals surface area contributed by atoms with Crippen molar-refractivity contribution in [3.63, 3.8) is 0 Å². The van der Waals surface area contributed by atoms with Gasteiger partial charge in [-0.3, -0.25) is 0 Å². The summed E-state index contributed by atoms with van der Waals surface area (Å²) in [6.45, 7) is 5.41. The maximum absolute atomic E-state index is 6.47. The maximum Gasteiger partial charge on any atom is 0.0897 e. The Hall–Kier alpha value is -0.940. The first-order chi connectivity index (χ1) is 10.7. The molecule has 3 rings (SSSR count). The minimum absolute atomic E-state index is 0.0658. The molecule has 1 N–H and O–H groups in total. The molecule has 22 heavy (non-hydrogen) atoms. The highest BCUT2D eigenvalue weighted by Crippen LogP contribution is 2.38. The Kier molecular flexibility index (Phi) is 5.14. The fourth-order valence-electron chi connectivity index (χ4n) is 3.11. The maximum atomic E-state index is 6.47. The third-order valence-corrected chi connectivity index (χ3v) is 5.57. The predicted molar refractivity (Wildman–Crippen MR) is 91.7 cm³/mol. The zero-order valence-electron chi connectivity index (χ0n) is 12.8. The lowest BCUT2D eigenvalue weighted by molar-refractivity contribution is 0.0498. The zero-order chi connectivity index (χ0) is 15.4. The van der Waals surface area contributed by atoms with E-state index in [-0.39, 0.29) is 5.41 Å². The first kappa shape index (κ1) is 15.9. The van der Waals surface area contributed by atoms with E-state index in [4.69, 9.17) is 16.3 Å². The van der Waals surface area contributed by atoms with E-state index in [0.717, 1.165) is 49.2 Å². The van der Waals surface area contributed by atoms with Crippen LogP contribution in [0.2, 0.25) is 5.02 Å². The monoisotopic (exact) mass is 336 g/mol. The van der Waals surface area contributed by atoms with Crippen LogP contribution in [0.15, 0.2) is 30.5 Å². The summed E-state index contributed by atoms with van der Waals surface area (Å²) in [6, 6.07) is 8.21. The normalized spacial score (nSPS) is 17.5. The number of thiazole rings is 1. The van der Waals surface area contributed by atoms with Crippen molar-refractivity contribution in [2.75, 3.05) is 19.8 Å². The number of rotatable bonds is 5. The number of aromatic nitrogens is 1. The van der Waals surface area contributed by atoms with Crippen LogP contribution in [-0.2, 0) is 16.7 Å². The van der Waals surface area contributed by atoms with Crippen molar-refractivity contribution >= 4 is 22.9 Å². The Morgan fingerprint density at radius 3 is 2.77 bits per heavy atom. The van der Waals surface area contributed by atoms with E-state index in [0.29, 0.717) is 0 Å². The smallest absolute Gasteiger partial charge is 0.0897 e. The first-order valence-corrected chi connectivity index (χ1v) is 8.84. The minimum Gasteiger partial charge on any atom is -0.381 e. The average Bonchev–Trinajstić information content (AvgIpc) is 2.94. The van der Waals surface area contributed by atoms with E-state index in [1.54, 1.807) is 11.3 Å². The lowest BCUT2D eigenvalue weighted by atomic mass is 9.74. The van der Waals surface area contributed by atoms with Crippen LogP contribution in [-0.4, -0.2) is 24.7 Å². The largest absolute Gasteiger partial charge is 0.381 e.